The zero-order chi connectivity index (χ0) is 11.5. The van der Waals surface area contributed by atoms with Crippen LogP contribution in [0.4, 0.5) is 0 Å². The maximum Gasteiger partial charge on any atom is 0.0945 e. The second-order valence-electron chi connectivity index (χ2n) is 5.66. The van der Waals surface area contributed by atoms with Gasteiger partial charge in [-0.25, -0.2) is 4.98 Å². The Balaban J connectivity index is 1.29. The molecule has 1 N–H and O–H groups in total. The predicted molar refractivity (Wildman–Crippen MR) is 68.7 cm³/mol. The summed E-state index contributed by atoms with van der Waals surface area (Å²) in [7, 11) is 0. The third kappa shape index (κ3) is 3.32. The predicted octanol–water partition coefficient (Wildman–Crippen LogP) is 2.44. The van der Waals surface area contributed by atoms with E-state index in [1.165, 1.54) is 45.1 Å². The average molecular weight is 233 g/mol. The minimum Gasteiger partial charge on any atom is -0.337 e. The lowest BCUT2D eigenvalue weighted by Gasteiger charge is -2.17. The summed E-state index contributed by atoms with van der Waals surface area (Å²) in [6.45, 7) is 2.31. The fraction of sp³-hybridized carbons (Fsp3) is 0.786. The van der Waals surface area contributed by atoms with Crippen molar-refractivity contribution in [2.45, 2.75) is 51.1 Å². The van der Waals surface area contributed by atoms with E-state index in [1.807, 2.05) is 18.7 Å². The Morgan fingerprint density at radius 3 is 2.53 bits per heavy atom. The van der Waals surface area contributed by atoms with Crippen LogP contribution in [0.5, 0.6) is 0 Å². The minimum atomic E-state index is 0.864. The maximum absolute atomic E-state index is 4.06. The molecule has 2 fully saturated rings. The molecule has 0 saturated heterocycles. The van der Waals surface area contributed by atoms with Gasteiger partial charge in [0.25, 0.3) is 0 Å². The van der Waals surface area contributed by atoms with E-state index in [0.29, 0.717) is 0 Å². The second kappa shape index (κ2) is 5.21. The van der Waals surface area contributed by atoms with Crippen molar-refractivity contribution in [3.05, 3.63) is 18.7 Å². The molecule has 2 aliphatic carbocycles. The van der Waals surface area contributed by atoms with Gasteiger partial charge < -0.3 is 9.88 Å². The van der Waals surface area contributed by atoms with Crippen molar-refractivity contribution in [2.75, 3.05) is 6.54 Å². The largest absolute Gasteiger partial charge is 0.337 e. The molecule has 2 saturated carbocycles. The molecule has 1 aromatic rings. The molecule has 0 amide bonds. The number of unbranched alkanes of at least 4 members (excludes halogenated alkanes) is 1. The van der Waals surface area contributed by atoms with Crippen LogP contribution in [0, 0.1) is 11.8 Å². The molecule has 0 spiro atoms. The highest BCUT2D eigenvalue weighted by Crippen LogP contribution is 2.44. The van der Waals surface area contributed by atoms with Crippen molar-refractivity contribution >= 4 is 0 Å². The zero-order valence-electron chi connectivity index (χ0n) is 10.5. The number of hydrogen-bond acceptors (Lipinski definition) is 2. The fourth-order valence-electron chi connectivity index (χ4n) is 2.74. The number of nitrogens with one attached hydrogen (secondary N) is 1. The van der Waals surface area contributed by atoms with Crippen molar-refractivity contribution in [1.29, 1.82) is 0 Å². The summed E-state index contributed by atoms with van der Waals surface area (Å²) in [5, 5.41) is 3.80. The van der Waals surface area contributed by atoms with Crippen LogP contribution in [0.25, 0.3) is 0 Å². The third-order valence-electron chi connectivity index (χ3n) is 4.04. The summed E-state index contributed by atoms with van der Waals surface area (Å²) in [6.07, 6.45) is 14.3. The van der Waals surface area contributed by atoms with Crippen molar-refractivity contribution in [3.8, 4) is 0 Å². The first kappa shape index (κ1) is 11.3. The molecule has 0 aromatic carbocycles. The van der Waals surface area contributed by atoms with E-state index in [9.17, 15) is 0 Å². The maximum atomic E-state index is 4.06. The molecule has 3 nitrogen and oxygen atoms in total. The van der Waals surface area contributed by atoms with Crippen LogP contribution in [0.1, 0.15) is 38.5 Å². The van der Waals surface area contributed by atoms with Gasteiger partial charge in [-0.05, 0) is 56.9 Å². The van der Waals surface area contributed by atoms with Crippen LogP contribution >= 0.6 is 0 Å². The van der Waals surface area contributed by atoms with E-state index >= 15 is 0 Å². The summed E-state index contributed by atoms with van der Waals surface area (Å²) in [6, 6.07) is 0.864. The van der Waals surface area contributed by atoms with E-state index < -0.39 is 0 Å². The highest BCUT2D eigenvalue weighted by atomic mass is 15.0. The van der Waals surface area contributed by atoms with Crippen molar-refractivity contribution < 1.29 is 0 Å². The Morgan fingerprint density at radius 2 is 1.94 bits per heavy atom. The van der Waals surface area contributed by atoms with Crippen LogP contribution in [-0.4, -0.2) is 22.1 Å². The topological polar surface area (TPSA) is 29.9 Å². The summed E-state index contributed by atoms with van der Waals surface area (Å²) < 4.78 is 2.17. The van der Waals surface area contributed by atoms with Gasteiger partial charge in [0, 0.05) is 25.0 Å². The first-order valence-electron chi connectivity index (χ1n) is 7.12. The van der Waals surface area contributed by atoms with E-state index in [-0.39, 0.29) is 0 Å². The van der Waals surface area contributed by atoms with E-state index in [4.69, 9.17) is 0 Å². The van der Waals surface area contributed by atoms with Crippen LogP contribution < -0.4 is 5.32 Å². The normalized spacial score (nSPS) is 20.1. The molecule has 1 heterocycles. The molecular weight excluding hydrogens is 210 g/mol. The van der Waals surface area contributed by atoms with Crippen LogP contribution in [0.15, 0.2) is 18.7 Å². The molecule has 17 heavy (non-hydrogen) atoms. The van der Waals surface area contributed by atoms with Gasteiger partial charge >= 0.3 is 0 Å². The lowest BCUT2D eigenvalue weighted by Crippen LogP contribution is -2.33. The Bertz CT molecular complexity index is 313. The first-order chi connectivity index (χ1) is 8.43. The molecule has 0 radical (unpaired) electrons. The Hall–Kier alpha value is -0.830. The van der Waals surface area contributed by atoms with Gasteiger partial charge in [0.1, 0.15) is 0 Å². The van der Waals surface area contributed by atoms with E-state index in [2.05, 4.69) is 14.9 Å². The van der Waals surface area contributed by atoms with E-state index in [0.717, 1.165) is 24.4 Å². The Labute approximate surface area is 104 Å². The molecule has 0 unspecified atom stereocenters. The van der Waals surface area contributed by atoms with Gasteiger partial charge in [-0.2, -0.15) is 0 Å². The zero-order valence-corrected chi connectivity index (χ0v) is 10.5. The molecule has 0 aliphatic heterocycles. The lowest BCUT2D eigenvalue weighted by molar-refractivity contribution is 0.408. The standard InChI is InChI=1S/C14H23N3/c1(2-9-17-10-8-15-11-17)7-16-14(12-3-4-12)13-5-6-13/h8,10-14,16H,1-7,9H2. The number of aromatic nitrogens is 2. The molecule has 2 aliphatic rings. The number of hydrogen-bond donors (Lipinski definition) is 1. The number of imidazole rings is 1. The van der Waals surface area contributed by atoms with Crippen LogP contribution in [0.3, 0.4) is 0 Å². The molecular formula is C14H23N3. The first-order valence-corrected chi connectivity index (χ1v) is 7.12. The van der Waals surface area contributed by atoms with Crippen molar-refractivity contribution in [1.82, 2.24) is 14.9 Å². The Morgan fingerprint density at radius 1 is 1.18 bits per heavy atom. The molecule has 1 aromatic heterocycles. The van der Waals surface area contributed by atoms with Crippen molar-refractivity contribution in [2.24, 2.45) is 11.8 Å². The van der Waals surface area contributed by atoms with Gasteiger partial charge in [-0.1, -0.05) is 0 Å². The lowest BCUT2D eigenvalue weighted by atomic mass is 10.1. The monoisotopic (exact) mass is 233 g/mol. The summed E-state index contributed by atoms with van der Waals surface area (Å²) in [5.41, 5.74) is 0. The van der Waals surface area contributed by atoms with E-state index in [1.54, 1.807) is 0 Å². The molecule has 3 heteroatoms. The van der Waals surface area contributed by atoms with Gasteiger partial charge in [-0.3, -0.25) is 0 Å². The fourth-order valence-corrected chi connectivity index (χ4v) is 2.74. The van der Waals surface area contributed by atoms with Gasteiger partial charge in [-0.15, -0.1) is 0 Å². The number of nitrogens with zero attached hydrogens (tertiary/aromatic N) is 2. The Kier molecular flexibility index (Phi) is 3.46. The summed E-state index contributed by atoms with van der Waals surface area (Å²) >= 11 is 0. The molecule has 94 valence electrons. The summed E-state index contributed by atoms with van der Waals surface area (Å²) in [4.78, 5) is 4.06. The average Bonchev–Trinajstić information content (AvgIpc) is 3.25. The van der Waals surface area contributed by atoms with Gasteiger partial charge in [0.05, 0.1) is 6.33 Å². The molecule has 0 atom stereocenters. The molecule has 3 rings (SSSR count). The SMILES string of the molecule is c1cn(CCCCNC(C2CC2)C2CC2)cn1. The van der Waals surface area contributed by atoms with Gasteiger partial charge in [0.2, 0.25) is 0 Å². The van der Waals surface area contributed by atoms with Crippen LogP contribution in [-0.2, 0) is 6.54 Å². The molecule has 0 bridgehead atoms. The van der Waals surface area contributed by atoms with Crippen molar-refractivity contribution in [3.63, 3.8) is 0 Å². The third-order valence-corrected chi connectivity index (χ3v) is 4.04. The smallest absolute Gasteiger partial charge is 0.0945 e. The van der Waals surface area contributed by atoms with Crippen LogP contribution in [0.2, 0.25) is 0 Å². The quantitative estimate of drug-likeness (QED) is 0.699. The second-order valence-corrected chi connectivity index (χ2v) is 5.66. The highest BCUT2D eigenvalue weighted by molar-refractivity contribution is 4.96. The van der Waals surface area contributed by atoms with Gasteiger partial charge in [0.15, 0.2) is 0 Å². The summed E-state index contributed by atoms with van der Waals surface area (Å²) in [5.74, 6) is 2.05. The highest BCUT2D eigenvalue weighted by Gasteiger charge is 2.40. The number of rotatable bonds is 8. The number of aryl methyl sites for hydroxylation is 1. The minimum absolute atomic E-state index is 0.864.